The van der Waals surface area contributed by atoms with E-state index in [1.807, 2.05) is 12.1 Å². The molecule has 0 amide bonds. The van der Waals surface area contributed by atoms with Crippen molar-refractivity contribution in [2.45, 2.75) is 31.9 Å². The molecule has 2 atom stereocenters. The number of aliphatic hydroxyl groups is 1. The number of hydrogen-bond acceptors (Lipinski definition) is 3. The first-order chi connectivity index (χ1) is 8.70. The van der Waals surface area contributed by atoms with Gasteiger partial charge in [0.05, 0.1) is 13.2 Å². The van der Waals surface area contributed by atoms with Crippen LogP contribution in [0, 0.1) is 5.92 Å². The van der Waals surface area contributed by atoms with Gasteiger partial charge < -0.3 is 15.2 Å². The van der Waals surface area contributed by atoms with Crippen molar-refractivity contribution >= 4 is 15.9 Å². The summed E-state index contributed by atoms with van der Waals surface area (Å²) in [5.74, 6) is 1.31. The Labute approximate surface area is 117 Å². The second-order valence-electron chi connectivity index (χ2n) is 4.85. The first kappa shape index (κ1) is 13.8. The lowest BCUT2D eigenvalue weighted by atomic mass is 10.1. The molecule has 0 saturated heterocycles. The molecule has 100 valence electrons. The van der Waals surface area contributed by atoms with Crippen LogP contribution < -0.4 is 10.1 Å². The highest BCUT2D eigenvalue weighted by Crippen LogP contribution is 2.26. The summed E-state index contributed by atoms with van der Waals surface area (Å²) >= 11 is 3.47. The fourth-order valence-electron chi connectivity index (χ4n) is 2.53. The second-order valence-corrected chi connectivity index (χ2v) is 5.76. The van der Waals surface area contributed by atoms with Gasteiger partial charge in [-0.15, -0.1) is 0 Å². The molecule has 18 heavy (non-hydrogen) atoms. The summed E-state index contributed by atoms with van der Waals surface area (Å²) in [4.78, 5) is 0. The zero-order valence-electron chi connectivity index (χ0n) is 10.7. The van der Waals surface area contributed by atoms with E-state index >= 15 is 0 Å². The number of nitrogens with one attached hydrogen (secondary N) is 1. The summed E-state index contributed by atoms with van der Waals surface area (Å²) < 4.78 is 6.39. The number of halogens is 1. The summed E-state index contributed by atoms with van der Waals surface area (Å²) in [7, 11) is 1.69. The van der Waals surface area contributed by atoms with Gasteiger partial charge in [0, 0.05) is 23.1 Å². The van der Waals surface area contributed by atoms with E-state index in [4.69, 9.17) is 4.74 Å². The van der Waals surface area contributed by atoms with Gasteiger partial charge in [-0.25, -0.2) is 0 Å². The highest BCUT2D eigenvalue weighted by Gasteiger charge is 2.24. The first-order valence-electron chi connectivity index (χ1n) is 6.42. The molecule has 3 nitrogen and oxygen atoms in total. The van der Waals surface area contributed by atoms with Gasteiger partial charge in [0.1, 0.15) is 5.75 Å². The summed E-state index contributed by atoms with van der Waals surface area (Å²) in [6.07, 6.45) is 3.10. The van der Waals surface area contributed by atoms with Gasteiger partial charge in [-0.05, 0) is 37.0 Å². The van der Waals surface area contributed by atoms with E-state index in [-0.39, 0.29) is 6.10 Å². The zero-order chi connectivity index (χ0) is 13.0. The van der Waals surface area contributed by atoms with Crippen molar-refractivity contribution in [1.29, 1.82) is 0 Å². The lowest BCUT2D eigenvalue weighted by molar-refractivity contribution is 0.131. The minimum atomic E-state index is -0.123. The van der Waals surface area contributed by atoms with E-state index < -0.39 is 0 Å². The zero-order valence-corrected chi connectivity index (χ0v) is 12.2. The molecular formula is C14H20BrNO2. The van der Waals surface area contributed by atoms with Crippen LogP contribution in [0.3, 0.4) is 0 Å². The second kappa shape index (κ2) is 6.55. The number of aliphatic hydroxyl groups excluding tert-OH is 1. The molecule has 2 unspecified atom stereocenters. The minimum Gasteiger partial charge on any atom is -0.496 e. The van der Waals surface area contributed by atoms with E-state index in [1.165, 1.54) is 0 Å². The Morgan fingerprint density at radius 1 is 1.44 bits per heavy atom. The van der Waals surface area contributed by atoms with Crippen molar-refractivity contribution in [3.05, 3.63) is 28.2 Å². The SMILES string of the molecule is COc1ccc(Br)cc1CNCC1CCCC1O. The molecule has 0 bridgehead atoms. The van der Waals surface area contributed by atoms with E-state index in [9.17, 15) is 5.11 Å². The molecule has 1 aromatic carbocycles. The third-order valence-corrected chi connectivity index (χ3v) is 4.08. The van der Waals surface area contributed by atoms with E-state index in [0.29, 0.717) is 5.92 Å². The van der Waals surface area contributed by atoms with E-state index in [2.05, 4.69) is 27.3 Å². The average molecular weight is 314 g/mol. The Bertz CT molecular complexity index is 397. The molecule has 1 fully saturated rings. The highest BCUT2D eigenvalue weighted by molar-refractivity contribution is 9.10. The molecule has 0 heterocycles. The fraction of sp³-hybridized carbons (Fsp3) is 0.571. The van der Waals surface area contributed by atoms with Crippen LogP contribution >= 0.6 is 15.9 Å². The van der Waals surface area contributed by atoms with Crippen LogP contribution in [-0.4, -0.2) is 24.9 Å². The summed E-state index contributed by atoms with van der Waals surface area (Å²) in [5.41, 5.74) is 1.14. The lowest BCUT2D eigenvalue weighted by Crippen LogP contribution is -2.27. The van der Waals surface area contributed by atoms with Crippen LogP contribution in [-0.2, 0) is 6.54 Å². The maximum absolute atomic E-state index is 9.76. The van der Waals surface area contributed by atoms with Crippen LogP contribution in [0.25, 0.3) is 0 Å². The fourth-order valence-corrected chi connectivity index (χ4v) is 2.94. The largest absolute Gasteiger partial charge is 0.496 e. The number of rotatable bonds is 5. The van der Waals surface area contributed by atoms with Crippen molar-refractivity contribution < 1.29 is 9.84 Å². The predicted octanol–water partition coefficient (Wildman–Crippen LogP) is 2.71. The van der Waals surface area contributed by atoms with Crippen molar-refractivity contribution in [2.75, 3.05) is 13.7 Å². The average Bonchev–Trinajstić information content (AvgIpc) is 2.76. The van der Waals surface area contributed by atoms with E-state index in [0.717, 1.165) is 48.1 Å². The third kappa shape index (κ3) is 3.46. The van der Waals surface area contributed by atoms with Crippen molar-refractivity contribution in [2.24, 2.45) is 5.92 Å². The van der Waals surface area contributed by atoms with E-state index in [1.54, 1.807) is 7.11 Å². The molecule has 0 aliphatic heterocycles. The van der Waals surface area contributed by atoms with Crippen molar-refractivity contribution in [3.8, 4) is 5.75 Å². The monoisotopic (exact) mass is 313 g/mol. The topological polar surface area (TPSA) is 41.5 Å². The van der Waals surface area contributed by atoms with Crippen molar-refractivity contribution in [3.63, 3.8) is 0 Å². The third-order valence-electron chi connectivity index (χ3n) is 3.58. The number of hydrogen-bond donors (Lipinski definition) is 2. The molecule has 1 aliphatic rings. The Kier molecular flexibility index (Phi) is 5.03. The van der Waals surface area contributed by atoms with Crippen molar-refractivity contribution in [1.82, 2.24) is 5.32 Å². The molecule has 4 heteroatoms. The van der Waals surface area contributed by atoms with Gasteiger partial charge in [-0.3, -0.25) is 0 Å². The Morgan fingerprint density at radius 3 is 2.94 bits per heavy atom. The Balaban J connectivity index is 1.87. The molecule has 1 saturated carbocycles. The number of methoxy groups -OCH3 is 1. The quantitative estimate of drug-likeness (QED) is 0.878. The molecular weight excluding hydrogens is 294 g/mol. The summed E-state index contributed by atoms with van der Waals surface area (Å²) in [5, 5.41) is 13.2. The van der Waals surface area contributed by atoms with Crippen LogP contribution in [0.4, 0.5) is 0 Å². The lowest BCUT2D eigenvalue weighted by Gasteiger charge is -2.16. The van der Waals surface area contributed by atoms with Gasteiger partial charge >= 0.3 is 0 Å². The molecule has 0 radical (unpaired) electrons. The molecule has 0 spiro atoms. The minimum absolute atomic E-state index is 0.123. The molecule has 2 rings (SSSR count). The predicted molar refractivity (Wildman–Crippen MR) is 75.7 cm³/mol. The maximum atomic E-state index is 9.76. The van der Waals surface area contributed by atoms with Crippen LogP contribution in [0.5, 0.6) is 5.75 Å². The molecule has 2 N–H and O–H groups in total. The van der Waals surface area contributed by atoms with Crippen LogP contribution in [0.15, 0.2) is 22.7 Å². The number of benzene rings is 1. The summed E-state index contributed by atoms with van der Waals surface area (Å²) in [6.45, 7) is 1.64. The number of ether oxygens (including phenoxy) is 1. The van der Waals surface area contributed by atoms with Crippen LogP contribution in [0.1, 0.15) is 24.8 Å². The van der Waals surface area contributed by atoms with Crippen LogP contribution in [0.2, 0.25) is 0 Å². The molecule has 0 aromatic heterocycles. The maximum Gasteiger partial charge on any atom is 0.123 e. The summed E-state index contributed by atoms with van der Waals surface area (Å²) in [6, 6.07) is 6.01. The molecule has 1 aliphatic carbocycles. The standard InChI is InChI=1S/C14H20BrNO2/c1-18-14-6-5-12(15)7-11(14)9-16-8-10-3-2-4-13(10)17/h5-7,10,13,16-17H,2-4,8-9H2,1H3. The van der Waals surface area contributed by atoms with Gasteiger partial charge in [0.2, 0.25) is 0 Å². The highest BCUT2D eigenvalue weighted by atomic mass is 79.9. The normalized spacial score (nSPS) is 23.3. The first-order valence-corrected chi connectivity index (χ1v) is 7.21. The van der Waals surface area contributed by atoms with Gasteiger partial charge in [0.15, 0.2) is 0 Å². The Hall–Kier alpha value is -0.580. The Morgan fingerprint density at radius 2 is 2.28 bits per heavy atom. The van der Waals surface area contributed by atoms with Gasteiger partial charge in [0.25, 0.3) is 0 Å². The molecule has 1 aromatic rings. The smallest absolute Gasteiger partial charge is 0.123 e. The van der Waals surface area contributed by atoms with Gasteiger partial charge in [-0.2, -0.15) is 0 Å². The van der Waals surface area contributed by atoms with Gasteiger partial charge in [-0.1, -0.05) is 22.4 Å².